The highest BCUT2D eigenvalue weighted by molar-refractivity contribution is 8.06. The fraction of sp³-hybridized carbons (Fsp3) is 0.500. The van der Waals surface area contributed by atoms with Crippen LogP contribution in [0.4, 0.5) is 0 Å². The van der Waals surface area contributed by atoms with E-state index in [0.717, 1.165) is 23.4 Å². The first-order valence-electron chi connectivity index (χ1n) is 6.22. The van der Waals surface area contributed by atoms with E-state index in [2.05, 4.69) is 5.32 Å². The van der Waals surface area contributed by atoms with E-state index in [1.165, 1.54) is 17.1 Å². The molecular formula is C14H19NOS2. The summed E-state index contributed by atoms with van der Waals surface area (Å²) < 4.78 is 0. The molecule has 0 unspecified atom stereocenters. The monoisotopic (exact) mass is 281 g/mol. The van der Waals surface area contributed by atoms with Crippen LogP contribution >= 0.6 is 23.5 Å². The van der Waals surface area contributed by atoms with Crippen LogP contribution in [-0.4, -0.2) is 35.0 Å². The lowest BCUT2D eigenvalue weighted by Gasteiger charge is -2.21. The maximum absolute atomic E-state index is 12.1. The number of rotatable bonds is 3. The molecule has 2 rings (SSSR count). The summed E-state index contributed by atoms with van der Waals surface area (Å²) in [7, 11) is 0. The first-order chi connectivity index (χ1) is 8.68. The van der Waals surface area contributed by atoms with Gasteiger partial charge in [0.15, 0.2) is 0 Å². The van der Waals surface area contributed by atoms with Crippen molar-refractivity contribution in [3.63, 3.8) is 0 Å². The molecule has 1 aromatic rings. The maximum Gasteiger partial charge on any atom is 0.251 e. The van der Waals surface area contributed by atoms with Gasteiger partial charge in [-0.2, -0.15) is 23.5 Å². The fourth-order valence-corrected chi connectivity index (χ4v) is 4.57. The molecule has 1 amide bonds. The van der Waals surface area contributed by atoms with Crippen LogP contribution in [0, 0.1) is 13.8 Å². The van der Waals surface area contributed by atoms with Gasteiger partial charge in [0.2, 0.25) is 0 Å². The Morgan fingerprint density at radius 3 is 2.94 bits per heavy atom. The molecule has 0 aromatic heterocycles. The summed E-state index contributed by atoms with van der Waals surface area (Å²) in [6.07, 6.45) is 0. The summed E-state index contributed by atoms with van der Waals surface area (Å²) in [4.78, 5) is 12.1. The third kappa shape index (κ3) is 3.45. The number of carbonyl (C=O) groups is 1. The van der Waals surface area contributed by atoms with Crippen LogP contribution in [0.3, 0.4) is 0 Å². The minimum absolute atomic E-state index is 0.0624. The predicted octanol–water partition coefficient (Wildman–Crippen LogP) is 2.88. The van der Waals surface area contributed by atoms with Crippen LogP contribution < -0.4 is 5.32 Å². The van der Waals surface area contributed by atoms with Crippen LogP contribution in [0.2, 0.25) is 0 Å². The summed E-state index contributed by atoms with van der Waals surface area (Å²) in [5.74, 6) is 3.66. The molecule has 1 atom stereocenters. The highest BCUT2D eigenvalue weighted by Crippen LogP contribution is 2.23. The molecule has 1 heterocycles. The van der Waals surface area contributed by atoms with E-state index in [1.54, 1.807) is 0 Å². The first-order valence-corrected chi connectivity index (χ1v) is 8.42. The Morgan fingerprint density at radius 1 is 1.39 bits per heavy atom. The molecule has 18 heavy (non-hydrogen) atoms. The quantitative estimate of drug-likeness (QED) is 0.923. The highest BCUT2D eigenvalue weighted by atomic mass is 32.2. The highest BCUT2D eigenvalue weighted by Gasteiger charge is 2.16. The topological polar surface area (TPSA) is 29.1 Å². The molecule has 2 nitrogen and oxygen atoms in total. The molecule has 0 saturated carbocycles. The molecule has 1 aliphatic heterocycles. The number of aryl methyl sites for hydroxylation is 1. The molecule has 0 spiro atoms. The molecule has 4 heteroatoms. The number of hydrogen-bond donors (Lipinski definition) is 1. The lowest BCUT2D eigenvalue weighted by molar-refractivity contribution is 0.0953. The fourth-order valence-electron chi connectivity index (χ4n) is 1.95. The van der Waals surface area contributed by atoms with Gasteiger partial charge < -0.3 is 5.32 Å². The van der Waals surface area contributed by atoms with Gasteiger partial charge in [-0.25, -0.2) is 0 Å². The van der Waals surface area contributed by atoms with E-state index in [4.69, 9.17) is 0 Å². The van der Waals surface area contributed by atoms with Gasteiger partial charge in [0.05, 0.1) is 0 Å². The largest absolute Gasteiger partial charge is 0.351 e. The van der Waals surface area contributed by atoms with Crippen molar-refractivity contribution in [1.82, 2.24) is 5.32 Å². The van der Waals surface area contributed by atoms with E-state index >= 15 is 0 Å². The van der Waals surface area contributed by atoms with Crippen LogP contribution in [0.25, 0.3) is 0 Å². The SMILES string of the molecule is Cc1cccc(C(=O)NC[C@@H]2CSCCS2)c1C. The van der Waals surface area contributed by atoms with Crippen molar-refractivity contribution in [2.24, 2.45) is 0 Å². The van der Waals surface area contributed by atoms with Crippen LogP contribution in [0.1, 0.15) is 21.5 Å². The smallest absolute Gasteiger partial charge is 0.251 e. The molecule has 1 fully saturated rings. The van der Waals surface area contributed by atoms with Crippen molar-refractivity contribution in [3.05, 3.63) is 34.9 Å². The third-order valence-corrected chi connectivity index (χ3v) is 6.07. The van der Waals surface area contributed by atoms with Crippen molar-refractivity contribution < 1.29 is 4.79 Å². The Morgan fingerprint density at radius 2 is 2.22 bits per heavy atom. The predicted molar refractivity (Wildman–Crippen MR) is 81.8 cm³/mol. The standard InChI is InChI=1S/C14H19NOS2/c1-10-4-3-5-13(11(10)2)14(16)15-8-12-9-17-6-7-18-12/h3-5,12H,6-9H2,1-2H3,(H,15,16)/t12-/m1/s1. The molecule has 0 radical (unpaired) electrons. The van der Waals surface area contributed by atoms with Crippen molar-refractivity contribution in [2.75, 3.05) is 23.8 Å². The van der Waals surface area contributed by atoms with E-state index in [1.807, 2.05) is 55.6 Å². The van der Waals surface area contributed by atoms with E-state index in [9.17, 15) is 4.79 Å². The zero-order chi connectivity index (χ0) is 13.0. The molecule has 1 aromatic carbocycles. The van der Waals surface area contributed by atoms with Crippen molar-refractivity contribution >= 4 is 29.4 Å². The van der Waals surface area contributed by atoms with Gasteiger partial charge in [-0.1, -0.05) is 12.1 Å². The van der Waals surface area contributed by atoms with Crippen LogP contribution in [0.5, 0.6) is 0 Å². The second-order valence-corrected chi connectivity index (χ2v) is 7.08. The Bertz CT molecular complexity index is 428. The summed E-state index contributed by atoms with van der Waals surface area (Å²) in [5.41, 5.74) is 3.06. The first kappa shape index (κ1) is 13.8. The Balaban J connectivity index is 1.93. The number of benzene rings is 1. The molecule has 98 valence electrons. The van der Waals surface area contributed by atoms with E-state index in [0.29, 0.717) is 5.25 Å². The number of amides is 1. The zero-order valence-electron chi connectivity index (χ0n) is 10.9. The van der Waals surface area contributed by atoms with Crippen LogP contribution in [0.15, 0.2) is 18.2 Å². The van der Waals surface area contributed by atoms with E-state index in [-0.39, 0.29) is 5.91 Å². The number of hydrogen-bond acceptors (Lipinski definition) is 3. The summed E-state index contributed by atoms with van der Waals surface area (Å²) in [6, 6.07) is 5.89. The number of carbonyl (C=O) groups excluding carboxylic acids is 1. The van der Waals surface area contributed by atoms with Crippen molar-refractivity contribution in [2.45, 2.75) is 19.1 Å². The van der Waals surface area contributed by atoms with Gasteiger partial charge in [-0.15, -0.1) is 0 Å². The van der Waals surface area contributed by atoms with Crippen molar-refractivity contribution in [1.29, 1.82) is 0 Å². The summed E-state index contributed by atoms with van der Waals surface area (Å²) in [6.45, 7) is 4.83. The molecular weight excluding hydrogens is 262 g/mol. The average molecular weight is 281 g/mol. The van der Waals surface area contributed by atoms with Gasteiger partial charge in [-0.05, 0) is 31.0 Å². The minimum Gasteiger partial charge on any atom is -0.351 e. The lowest BCUT2D eigenvalue weighted by Crippen LogP contribution is -2.33. The number of thioether (sulfide) groups is 2. The van der Waals surface area contributed by atoms with Gasteiger partial charge >= 0.3 is 0 Å². The second-order valence-electron chi connectivity index (χ2n) is 4.53. The molecule has 0 aliphatic carbocycles. The Labute approximate surface area is 117 Å². The zero-order valence-corrected chi connectivity index (χ0v) is 12.5. The second kappa shape index (κ2) is 6.53. The minimum atomic E-state index is 0.0624. The van der Waals surface area contributed by atoms with Gasteiger partial charge in [-0.3, -0.25) is 4.79 Å². The molecule has 0 bridgehead atoms. The van der Waals surface area contributed by atoms with Gasteiger partial charge in [0, 0.05) is 34.6 Å². The lowest BCUT2D eigenvalue weighted by atomic mass is 10.0. The van der Waals surface area contributed by atoms with Gasteiger partial charge in [0.25, 0.3) is 5.91 Å². The third-order valence-electron chi connectivity index (χ3n) is 3.22. The van der Waals surface area contributed by atoms with Crippen LogP contribution in [-0.2, 0) is 0 Å². The van der Waals surface area contributed by atoms with Crippen molar-refractivity contribution in [3.8, 4) is 0 Å². The maximum atomic E-state index is 12.1. The Kier molecular flexibility index (Phi) is 5.01. The summed E-state index contributed by atoms with van der Waals surface area (Å²) >= 11 is 3.96. The average Bonchev–Trinajstić information content (AvgIpc) is 2.40. The molecule has 1 saturated heterocycles. The normalized spacial score (nSPS) is 19.6. The molecule has 1 N–H and O–H groups in total. The van der Waals surface area contributed by atoms with E-state index < -0.39 is 0 Å². The number of nitrogens with one attached hydrogen (secondary N) is 1. The molecule has 1 aliphatic rings. The summed E-state index contributed by atoms with van der Waals surface area (Å²) in [5, 5.41) is 3.63. The Hall–Kier alpha value is -0.610. The van der Waals surface area contributed by atoms with Gasteiger partial charge in [0.1, 0.15) is 0 Å².